The van der Waals surface area contributed by atoms with Gasteiger partial charge in [-0.2, -0.15) is 0 Å². The van der Waals surface area contributed by atoms with Crippen molar-refractivity contribution in [3.8, 4) is 11.5 Å². The zero-order valence-electron chi connectivity index (χ0n) is 11.6. The normalized spacial score (nSPS) is 23.1. The Kier molecular flexibility index (Phi) is 3.92. The molecule has 1 heterocycles. The van der Waals surface area contributed by atoms with Gasteiger partial charge in [0.25, 0.3) is 0 Å². The average molecular weight is 261 g/mol. The first-order chi connectivity index (χ1) is 9.36. The Labute approximate surface area is 115 Å². The van der Waals surface area contributed by atoms with Crippen molar-refractivity contribution in [1.82, 2.24) is 5.32 Å². The Morgan fingerprint density at radius 3 is 2.79 bits per heavy atom. The Hall–Kier alpha value is -1.22. The molecule has 1 fully saturated rings. The van der Waals surface area contributed by atoms with Crippen molar-refractivity contribution >= 4 is 0 Å². The van der Waals surface area contributed by atoms with E-state index in [1.807, 2.05) is 24.3 Å². The second-order valence-electron chi connectivity index (χ2n) is 5.65. The predicted molar refractivity (Wildman–Crippen MR) is 75.8 cm³/mol. The van der Waals surface area contributed by atoms with Gasteiger partial charge in [0.2, 0.25) is 0 Å². The quantitative estimate of drug-likeness (QED) is 0.854. The zero-order valence-corrected chi connectivity index (χ0v) is 11.6. The van der Waals surface area contributed by atoms with Crippen molar-refractivity contribution in [2.24, 2.45) is 5.92 Å². The lowest BCUT2D eigenvalue weighted by molar-refractivity contribution is 0.0579. The fourth-order valence-electron chi connectivity index (χ4n) is 2.64. The van der Waals surface area contributed by atoms with Gasteiger partial charge in [-0.25, -0.2) is 0 Å². The first-order valence-corrected chi connectivity index (χ1v) is 7.48. The van der Waals surface area contributed by atoms with E-state index >= 15 is 0 Å². The van der Waals surface area contributed by atoms with Crippen LogP contribution in [0.5, 0.6) is 11.5 Å². The highest BCUT2D eigenvalue weighted by atomic mass is 16.6. The highest BCUT2D eigenvalue weighted by molar-refractivity contribution is 5.40. The number of hydrogen-bond donors (Lipinski definition) is 1. The molecule has 0 saturated heterocycles. The van der Waals surface area contributed by atoms with E-state index in [4.69, 9.17) is 9.47 Å². The Morgan fingerprint density at radius 1 is 1.26 bits per heavy atom. The van der Waals surface area contributed by atoms with Gasteiger partial charge in [-0.3, -0.25) is 0 Å². The van der Waals surface area contributed by atoms with Crippen molar-refractivity contribution in [3.63, 3.8) is 0 Å². The summed E-state index contributed by atoms with van der Waals surface area (Å²) < 4.78 is 12.0. The van der Waals surface area contributed by atoms with Crippen LogP contribution in [0.3, 0.4) is 0 Å². The second kappa shape index (κ2) is 5.83. The van der Waals surface area contributed by atoms with Gasteiger partial charge in [-0.05, 0) is 37.4 Å². The molecule has 1 saturated carbocycles. The van der Waals surface area contributed by atoms with Crippen LogP contribution in [0.2, 0.25) is 0 Å². The molecular formula is C16H23NO2. The van der Waals surface area contributed by atoms with Crippen molar-refractivity contribution in [1.29, 1.82) is 0 Å². The van der Waals surface area contributed by atoms with Crippen LogP contribution in [-0.4, -0.2) is 25.3 Å². The van der Waals surface area contributed by atoms with E-state index in [9.17, 15) is 0 Å². The van der Waals surface area contributed by atoms with Crippen molar-refractivity contribution in [2.75, 3.05) is 13.2 Å². The fraction of sp³-hybridized carbons (Fsp3) is 0.625. The van der Waals surface area contributed by atoms with Crippen molar-refractivity contribution in [2.45, 2.75) is 44.8 Å². The van der Waals surface area contributed by atoms with Crippen LogP contribution < -0.4 is 14.8 Å². The van der Waals surface area contributed by atoms with E-state index in [0.717, 1.165) is 30.4 Å². The maximum absolute atomic E-state index is 6.13. The molecule has 3 heteroatoms. The van der Waals surface area contributed by atoms with Gasteiger partial charge in [-0.15, -0.1) is 0 Å². The molecule has 19 heavy (non-hydrogen) atoms. The molecule has 104 valence electrons. The summed E-state index contributed by atoms with van der Waals surface area (Å²) in [7, 11) is 0. The minimum Gasteiger partial charge on any atom is -0.486 e. The molecule has 3 rings (SSSR count). The molecule has 0 amide bonds. The van der Waals surface area contributed by atoms with Gasteiger partial charge in [0, 0.05) is 6.04 Å². The Balaban J connectivity index is 1.65. The zero-order chi connectivity index (χ0) is 13.1. The maximum atomic E-state index is 6.13. The molecule has 0 spiro atoms. The van der Waals surface area contributed by atoms with E-state index in [0.29, 0.717) is 12.6 Å². The first kappa shape index (κ1) is 12.8. The average Bonchev–Trinajstić information content (AvgIpc) is 3.27. The van der Waals surface area contributed by atoms with Gasteiger partial charge < -0.3 is 14.8 Å². The summed E-state index contributed by atoms with van der Waals surface area (Å²) in [6.07, 6.45) is 5.28. The summed E-state index contributed by atoms with van der Waals surface area (Å²) in [5, 5.41) is 3.64. The lowest BCUT2D eigenvalue weighted by Gasteiger charge is -2.33. The molecule has 1 aromatic carbocycles. The third-order valence-corrected chi connectivity index (χ3v) is 3.92. The Morgan fingerprint density at radius 2 is 2.05 bits per heavy atom. The molecule has 0 aromatic heterocycles. The van der Waals surface area contributed by atoms with Crippen LogP contribution in [0, 0.1) is 5.92 Å². The van der Waals surface area contributed by atoms with Gasteiger partial charge in [0.15, 0.2) is 11.5 Å². The molecular weight excluding hydrogens is 238 g/mol. The monoisotopic (exact) mass is 261 g/mol. The standard InChI is InChI=1S/C16H23NO2/c1-2-9-17-13(10-12-7-8-12)16-11-18-14-5-3-4-6-15(14)19-16/h3-6,12-13,16-17H,2,7-11H2,1H3. The van der Waals surface area contributed by atoms with E-state index in [1.165, 1.54) is 19.3 Å². The van der Waals surface area contributed by atoms with Crippen LogP contribution in [0.15, 0.2) is 24.3 Å². The van der Waals surface area contributed by atoms with Gasteiger partial charge in [0.05, 0.1) is 0 Å². The topological polar surface area (TPSA) is 30.5 Å². The minimum absolute atomic E-state index is 0.141. The number of ether oxygens (including phenoxy) is 2. The minimum atomic E-state index is 0.141. The van der Waals surface area contributed by atoms with Crippen molar-refractivity contribution < 1.29 is 9.47 Å². The molecule has 1 aliphatic carbocycles. The summed E-state index contributed by atoms with van der Waals surface area (Å²) in [6.45, 7) is 3.92. The summed E-state index contributed by atoms with van der Waals surface area (Å²) >= 11 is 0. The summed E-state index contributed by atoms with van der Waals surface area (Å²) in [4.78, 5) is 0. The van der Waals surface area contributed by atoms with Crippen LogP contribution >= 0.6 is 0 Å². The molecule has 2 aliphatic rings. The Bertz CT molecular complexity index is 417. The van der Waals surface area contributed by atoms with Crippen LogP contribution in [0.1, 0.15) is 32.6 Å². The highest BCUT2D eigenvalue weighted by Gasteiger charge is 2.33. The van der Waals surface area contributed by atoms with E-state index in [2.05, 4.69) is 12.2 Å². The molecule has 1 aliphatic heterocycles. The van der Waals surface area contributed by atoms with E-state index in [1.54, 1.807) is 0 Å². The largest absolute Gasteiger partial charge is 0.486 e. The van der Waals surface area contributed by atoms with Crippen molar-refractivity contribution in [3.05, 3.63) is 24.3 Å². The number of hydrogen-bond acceptors (Lipinski definition) is 3. The van der Waals surface area contributed by atoms with Gasteiger partial charge in [-0.1, -0.05) is 31.9 Å². The summed E-state index contributed by atoms with van der Waals surface area (Å²) in [6, 6.07) is 8.37. The lowest BCUT2D eigenvalue weighted by atomic mass is 10.0. The number of para-hydroxylation sites is 2. The van der Waals surface area contributed by atoms with Crippen LogP contribution in [-0.2, 0) is 0 Å². The lowest BCUT2D eigenvalue weighted by Crippen LogP contribution is -2.48. The molecule has 2 unspecified atom stereocenters. The number of benzene rings is 1. The first-order valence-electron chi connectivity index (χ1n) is 7.48. The van der Waals surface area contributed by atoms with E-state index < -0.39 is 0 Å². The predicted octanol–water partition coefficient (Wildman–Crippen LogP) is 2.99. The third-order valence-electron chi connectivity index (χ3n) is 3.92. The molecule has 1 N–H and O–H groups in total. The SMILES string of the molecule is CCCNC(CC1CC1)C1COc2ccccc2O1. The van der Waals surface area contributed by atoms with Crippen LogP contribution in [0.25, 0.3) is 0 Å². The maximum Gasteiger partial charge on any atom is 0.161 e. The number of rotatable bonds is 6. The number of nitrogens with one attached hydrogen (secondary N) is 1. The van der Waals surface area contributed by atoms with E-state index in [-0.39, 0.29) is 6.10 Å². The summed E-state index contributed by atoms with van der Waals surface area (Å²) in [5.74, 6) is 2.66. The molecule has 0 radical (unpaired) electrons. The number of fused-ring (bicyclic) bond motifs is 1. The third kappa shape index (κ3) is 3.21. The van der Waals surface area contributed by atoms with Gasteiger partial charge >= 0.3 is 0 Å². The fourth-order valence-corrected chi connectivity index (χ4v) is 2.64. The molecule has 2 atom stereocenters. The molecule has 3 nitrogen and oxygen atoms in total. The summed E-state index contributed by atoms with van der Waals surface area (Å²) in [5.41, 5.74) is 0. The highest BCUT2D eigenvalue weighted by Crippen LogP contribution is 2.37. The second-order valence-corrected chi connectivity index (χ2v) is 5.65. The molecule has 1 aromatic rings. The smallest absolute Gasteiger partial charge is 0.161 e. The molecule has 0 bridgehead atoms. The van der Waals surface area contributed by atoms with Gasteiger partial charge in [0.1, 0.15) is 12.7 Å². The van der Waals surface area contributed by atoms with Crippen LogP contribution in [0.4, 0.5) is 0 Å².